The first kappa shape index (κ1) is 18.8. The van der Waals surface area contributed by atoms with E-state index in [1.807, 2.05) is 18.5 Å². The summed E-state index contributed by atoms with van der Waals surface area (Å²) < 4.78 is 2.05. The fraction of sp³-hybridized carbons (Fsp3) is 0.857. The highest BCUT2D eigenvalue weighted by atomic mass is 15.3. The molecule has 3 aliphatic rings. The molecule has 6 heteroatoms. The van der Waals surface area contributed by atoms with Crippen LogP contribution in [-0.2, 0) is 13.6 Å². The zero-order valence-electron chi connectivity index (χ0n) is 17.2. The molecule has 0 radical (unpaired) electrons. The van der Waals surface area contributed by atoms with Crippen molar-refractivity contribution in [1.29, 1.82) is 0 Å². The first-order valence-electron chi connectivity index (χ1n) is 11.1. The third-order valence-corrected chi connectivity index (χ3v) is 7.14. The number of guanidine groups is 1. The molecule has 3 fully saturated rings. The highest BCUT2D eigenvalue weighted by Crippen LogP contribution is 2.43. The number of likely N-dealkylation sites (tertiary alicyclic amines) is 1. The highest BCUT2D eigenvalue weighted by molar-refractivity contribution is 5.80. The number of hydrogen-bond acceptors (Lipinski definition) is 3. The van der Waals surface area contributed by atoms with Crippen LogP contribution in [0.15, 0.2) is 4.99 Å². The standard InChI is InChI=1S/C21H36N6/c1-17-24-25-19(26(17)2)15-22-20(23-18-9-5-3-6-10-18)27-14-13-21(16-27)11-7-4-8-12-21/h18H,3-16H2,1-2H3,(H,22,23). The van der Waals surface area contributed by atoms with Gasteiger partial charge in [0, 0.05) is 26.2 Å². The SMILES string of the molecule is Cc1nnc(CN=C(NC2CCCCC2)N2CCC3(CCCCC3)C2)n1C. The van der Waals surface area contributed by atoms with E-state index in [0.29, 0.717) is 18.0 Å². The lowest BCUT2D eigenvalue weighted by molar-refractivity contribution is 0.202. The van der Waals surface area contributed by atoms with E-state index in [1.165, 1.54) is 77.2 Å². The lowest BCUT2D eigenvalue weighted by Gasteiger charge is -2.34. The molecule has 0 aromatic carbocycles. The first-order chi connectivity index (χ1) is 13.2. The molecule has 1 aromatic rings. The Balaban J connectivity index is 1.48. The van der Waals surface area contributed by atoms with Gasteiger partial charge in [0.15, 0.2) is 11.8 Å². The van der Waals surface area contributed by atoms with Gasteiger partial charge in [-0.05, 0) is 44.4 Å². The third kappa shape index (κ3) is 4.30. The second-order valence-corrected chi connectivity index (χ2v) is 9.07. The molecule has 27 heavy (non-hydrogen) atoms. The maximum Gasteiger partial charge on any atom is 0.194 e. The van der Waals surface area contributed by atoms with Crippen molar-refractivity contribution in [3.05, 3.63) is 11.6 Å². The van der Waals surface area contributed by atoms with E-state index in [1.54, 1.807) is 0 Å². The van der Waals surface area contributed by atoms with Crippen molar-refractivity contribution in [3.63, 3.8) is 0 Å². The van der Waals surface area contributed by atoms with Crippen LogP contribution in [0.2, 0.25) is 0 Å². The topological polar surface area (TPSA) is 58.3 Å². The average molecular weight is 373 g/mol. The van der Waals surface area contributed by atoms with Crippen LogP contribution in [0.5, 0.6) is 0 Å². The highest BCUT2D eigenvalue weighted by Gasteiger charge is 2.40. The molecule has 1 saturated heterocycles. The predicted octanol–water partition coefficient (Wildman–Crippen LogP) is 3.56. The largest absolute Gasteiger partial charge is 0.353 e. The number of rotatable bonds is 3. The Morgan fingerprint density at radius 3 is 2.52 bits per heavy atom. The maximum absolute atomic E-state index is 5.03. The minimum Gasteiger partial charge on any atom is -0.353 e. The second-order valence-electron chi connectivity index (χ2n) is 9.07. The number of nitrogens with zero attached hydrogens (tertiary/aromatic N) is 5. The quantitative estimate of drug-likeness (QED) is 0.651. The van der Waals surface area contributed by atoms with Crippen LogP contribution in [-0.4, -0.2) is 44.8 Å². The van der Waals surface area contributed by atoms with Gasteiger partial charge in [0.25, 0.3) is 0 Å². The summed E-state index contributed by atoms with van der Waals surface area (Å²) in [6.45, 7) is 4.93. The Kier molecular flexibility index (Phi) is 5.69. The number of nitrogens with one attached hydrogen (secondary N) is 1. The molecule has 1 aliphatic heterocycles. The maximum atomic E-state index is 5.03. The van der Waals surface area contributed by atoms with Crippen LogP contribution >= 0.6 is 0 Å². The fourth-order valence-electron chi connectivity index (χ4n) is 5.23. The van der Waals surface area contributed by atoms with Gasteiger partial charge < -0.3 is 14.8 Å². The van der Waals surface area contributed by atoms with Gasteiger partial charge >= 0.3 is 0 Å². The fourth-order valence-corrected chi connectivity index (χ4v) is 5.23. The summed E-state index contributed by atoms with van der Waals surface area (Å²) in [6, 6.07) is 0.585. The minimum atomic E-state index is 0.550. The van der Waals surface area contributed by atoms with E-state index in [2.05, 4.69) is 20.4 Å². The van der Waals surface area contributed by atoms with Crippen LogP contribution in [0.25, 0.3) is 0 Å². The molecule has 1 spiro atoms. The van der Waals surface area contributed by atoms with Gasteiger partial charge in [0.1, 0.15) is 12.4 Å². The van der Waals surface area contributed by atoms with Crippen molar-refractivity contribution in [1.82, 2.24) is 25.0 Å². The van der Waals surface area contributed by atoms with Crippen LogP contribution in [0.4, 0.5) is 0 Å². The Bertz CT molecular complexity index is 652. The average Bonchev–Trinajstić information content (AvgIpc) is 3.24. The smallest absolute Gasteiger partial charge is 0.194 e. The van der Waals surface area contributed by atoms with Crippen molar-refractivity contribution >= 4 is 5.96 Å². The second kappa shape index (κ2) is 8.19. The summed E-state index contributed by atoms with van der Waals surface area (Å²) in [5.41, 5.74) is 0.550. The van der Waals surface area contributed by atoms with Crippen LogP contribution in [0.1, 0.15) is 82.3 Å². The number of hydrogen-bond donors (Lipinski definition) is 1. The molecule has 0 unspecified atom stereocenters. The van der Waals surface area contributed by atoms with Gasteiger partial charge in [-0.3, -0.25) is 0 Å². The van der Waals surface area contributed by atoms with Crippen molar-refractivity contribution in [3.8, 4) is 0 Å². The van der Waals surface area contributed by atoms with Gasteiger partial charge in [0.05, 0.1) is 0 Å². The molecule has 2 saturated carbocycles. The van der Waals surface area contributed by atoms with Gasteiger partial charge in [-0.2, -0.15) is 0 Å². The van der Waals surface area contributed by atoms with Gasteiger partial charge in [-0.25, -0.2) is 4.99 Å². The van der Waals surface area contributed by atoms with E-state index in [4.69, 9.17) is 4.99 Å². The molecule has 150 valence electrons. The summed E-state index contributed by atoms with van der Waals surface area (Å²) in [5, 5.41) is 12.3. The van der Waals surface area contributed by atoms with E-state index >= 15 is 0 Å². The van der Waals surface area contributed by atoms with E-state index in [0.717, 1.165) is 24.2 Å². The summed E-state index contributed by atoms with van der Waals surface area (Å²) in [7, 11) is 2.03. The normalized spacial score (nSPS) is 23.9. The summed E-state index contributed by atoms with van der Waals surface area (Å²) >= 11 is 0. The lowest BCUT2D eigenvalue weighted by atomic mass is 9.73. The molecule has 4 rings (SSSR count). The monoisotopic (exact) mass is 372 g/mol. The van der Waals surface area contributed by atoms with Gasteiger partial charge in [-0.1, -0.05) is 38.5 Å². The molecule has 2 heterocycles. The molecule has 6 nitrogen and oxygen atoms in total. The molecule has 1 aromatic heterocycles. The Hall–Kier alpha value is -1.59. The molecule has 2 aliphatic carbocycles. The van der Waals surface area contributed by atoms with E-state index in [9.17, 15) is 0 Å². The summed E-state index contributed by atoms with van der Waals surface area (Å²) in [5.74, 6) is 3.01. The zero-order chi connectivity index (χ0) is 18.7. The Morgan fingerprint density at radius 1 is 1.07 bits per heavy atom. The molecule has 1 N–H and O–H groups in total. The van der Waals surface area contributed by atoms with Crippen molar-refractivity contribution in [2.45, 2.75) is 90.1 Å². The van der Waals surface area contributed by atoms with E-state index < -0.39 is 0 Å². The van der Waals surface area contributed by atoms with Gasteiger partial charge in [-0.15, -0.1) is 10.2 Å². The number of aromatic nitrogens is 3. The van der Waals surface area contributed by atoms with Crippen LogP contribution < -0.4 is 5.32 Å². The number of aliphatic imine (C=N–C) groups is 1. The minimum absolute atomic E-state index is 0.550. The van der Waals surface area contributed by atoms with Crippen molar-refractivity contribution < 1.29 is 0 Å². The van der Waals surface area contributed by atoms with Gasteiger partial charge in [0.2, 0.25) is 0 Å². The zero-order valence-corrected chi connectivity index (χ0v) is 17.2. The van der Waals surface area contributed by atoms with Crippen LogP contribution in [0.3, 0.4) is 0 Å². The molecule has 0 bridgehead atoms. The summed E-state index contributed by atoms with van der Waals surface area (Å²) in [6.07, 6.45) is 15.0. The Labute approximate surface area is 163 Å². The van der Waals surface area contributed by atoms with Crippen LogP contribution in [0, 0.1) is 12.3 Å². The van der Waals surface area contributed by atoms with Crippen molar-refractivity contribution in [2.75, 3.05) is 13.1 Å². The first-order valence-corrected chi connectivity index (χ1v) is 11.1. The molecule has 0 atom stereocenters. The van der Waals surface area contributed by atoms with Crippen molar-refractivity contribution in [2.24, 2.45) is 17.5 Å². The third-order valence-electron chi connectivity index (χ3n) is 7.14. The van der Waals surface area contributed by atoms with E-state index in [-0.39, 0.29) is 0 Å². The molecular formula is C21H36N6. The lowest BCUT2D eigenvalue weighted by Crippen LogP contribution is -2.46. The summed E-state index contributed by atoms with van der Waals surface area (Å²) in [4.78, 5) is 7.58. The number of aryl methyl sites for hydroxylation is 1. The molecule has 0 amide bonds. The Morgan fingerprint density at radius 2 is 1.81 bits per heavy atom. The predicted molar refractivity (Wildman–Crippen MR) is 109 cm³/mol. The molecular weight excluding hydrogens is 336 g/mol.